The first-order valence-corrected chi connectivity index (χ1v) is 6.02. The van der Waals surface area contributed by atoms with Crippen LogP contribution in [-0.4, -0.2) is 22.0 Å². The number of aromatic nitrogens is 2. The molecule has 0 radical (unpaired) electrons. The number of nitrogen functional groups attached to an aromatic ring is 1. The lowest BCUT2D eigenvalue weighted by Crippen LogP contribution is -2.34. The van der Waals surface area contributed by atoms with Crippen molar-refractivity contribution < 1.29 is 9.53 Å². The van der Waals surface area contributed by atoms with Gasteiger partial charge in [0.25, 0.3) is 11.5 Å². The molecule has 0 aliphatic carbocycles. The zero-order chi connectivity index (χ0) is 14.3. The number of benzene rings is 1. The minimum absolute atomic E-state index is 0.0409. The lowest BCUT2D eigenvalue weighted by Gasteiger charge is -2.23. The van der Waals surface area contributed by atoms with Crippen LogP contribution >= 0.6 is 0 Å². The second-order valence-electron chi connectivity index (χ2n) is 4.48. The molecule has 0 fully saturated rings. The van der Waals surface area contributed by atoms with E-state index in [1.807, 2.05) is 0 Å². The smallest absolute Gasteiger partial charge is 0.265 e. The molecule has 0 spiro atoms. The fourth-order valence-corrected chi connectivity index (χ4v) is 1.99. The van der Waals surface area contributed by atoms with Crippen LogP contribution < -0.4 is 21.3 Å². The summed E-state index contributed by atoms with van der Waals surface area (Å²) in [6, 6.07) is 6.51. The van der Waals surface area contributed by atoms with Crippen molar-refractivity contribution in [1.29, 1.82) is 0 Å². The van der Waals surface area contributed by atoms with Crippen molar-refractivity contribution in [3.63, 3.8) is 0 Å². The molecular formula is C13H12N4O3. The predicted molar refractivity (Wildman–Crippen MR) is 73.4 cm³/mol. The zero-order valence-corrected chi connectivity index (χ0v) is 10.6. The SMILES string of the molecule is CC1Oc2ccc(-c3cc(=O)[nH]c(N)n3)cc2NC1=O. The molecule has 1 amide bonds. The highest BCUT2D eigenvalue weighted by molar-refractivity contribution is 5.98. The van der Waals surface area contributed by atoms with Crippen molar-refractivity contribution in [1.82, 2.24) is 9.97 Å². The molecule has 2 heterocycles. The summed E-state index contributed by atoms with van der Waals surface area (Å²) >= 11 is 0. The summed E-state index contributed by atoms with van der Waals surface area (Å²) in [6.45, 7) is 1.67. The lowest BCUT2D eigenvalue weighted by atomic mass is 10.1. The molecule has 7 heteroatoms. The number of anilines is 2. The molecule has 1 aliphatic heterocycles. The summed E-state index contributed by atoms with van der Waals surface area (Å²) in [4.78, 5) is 29.4. The highest BCUT2D eigenvalue weighted by Crippen LogP contribution is 2.33. The number of amides is 1. The number of carbonyl (C=O) groups is 1. The molecule has 3 rings (SSSR count). The molecule has 102 valence electrons. The van der Waals surface area contributed by atoms with E-state index in [1.165, 1.54) is 6.07 Å². The second kappa shape index (κ2) is 4.37. The van der Waals surface area contributed by atoms with Gasteiger partial charge in [0.05, 0.1) is 11.4 Å². The molecule has 0 saturated heterocycles. The number of rotatable bonds is 1. The van der Waals surface area contributed by atoms with Crippen LogP contribution in [0.25, 0.3) is 11.3 Å². The molecule has 4 N–H and O–H groups in total. The van der Waals surface area contributed by atoms with Crippen molar-refractivity contribution in [2.24, 2.45) is 0 Å². The molecular weight excluding hydrogens is 260 g/mol. The number of aromatic amines is 1. The van der Waals surface area contributed by atoms with E-state index in [-0.39, 0.29) is 17.4 Å². The van der Waals surface area contributed by atoms with Crippen LogP contribution in [0, 0.1) is 0 Å². The fraction of sp³-hybridized carbons (Fsp3) is 0.154. The van der Waals surface area contributed by atoms with Crippen LogP contribution in [0.4, 0.5) is 11.6 Å². The minimum Gasteiger partial charge on any atom is -0.479 e. The second-order valence-corrected chi connectivity index (χ2v) is 4.48. The average molecular weight is 272 g/mol. The first kappa shape index (κ1) is 12.2. The van der Waals surface area contributed by atoms with Crippen molar-refractivity contribution in [3.05, 3.63) is 34.6 Å². The summed E-state index contributed by atoms with van der Waals surface area (Å²) in [7, 11) is 0. The maximum absolute atomic E-state index is 11.6. The Labute approximate surface area is 113 Å². The molecule has 2 aromatic rings. The molecule has 7 nitrogen and oxygen atoms in total. The number of nitrogens with one attached hydrogen (secondary N) is 2. The zero-order valence-electron chi connectivity index (χ0n) is 10.6. The van der Waals surface area contributed by atoms with E-state index in [1.54, 1.807) is 25.1 Å². The predicted octanol–water partition coefficient (Wildman–Crippen LogP) is 0.738. The highest BCUT2D eigenvalue weighted by Gasteiger charge is 2.23. The van der Waals surface area contributed by atoms with Crippen LogP contribution in [-0.2, 0) is 4.79 Å². The quantitative estimate of drug-likeness (QED) is 0.709. The topological polar surface area (TPSA) is 110 Å². The third kappa shape index (κ3) is 2.09. The summed E-state index contributed by atoms with van der Waals surface area (Å²) < 4.78 is 5.46. The van der Waals surface area contributed by atoms with Gasteiger partial charge in [0, 0.05) is 11.6 Å². The van der Waals surface area contributed by atoms with E-state index in [2.05, 4.69) is 15.3 Å². The normalized spacial score (nSPS) is 17.1. The van der Waals surface area contributed by atoms with Gasteiger partial charge in [-0.3, -0.25) is 14.6 Å². The summed E-state index contributed by atoms with van der Waals surface area (Å²) in [6.07, 6.45) is -0.526. The Bertz CT molecular complexity index is 754. The Balaban J connectivity index is 2.06. The van der Waals surface area contributed by atoms with E-state index in [9.17, 15) is 9.59 Å². The van der Waals surface area contributed by atoms with E-state index < -0.39 is 6.10 Å². The van der Waals surface area contributed by atoms with E-state index >= 15 is 0 Å². The molecule has 0 bridgehead atoms. The fourth-order valence-electron chi connectivity index (χ4n) is 1.99. The minimum atomic E-state index is -0.526. The van der Waals surface area contributed by atoms with Gasteiger partial charge in [-0.25, -0.2) is 4.98 Å². The van der Waals surface area contributed by atoms with Crippen molar-refractivity contribution in [2.45, 2.75) is 13.0 Å². The Morgan fingerprint density at radius 3 is 2.85 bits per heavy atom. The number of carbonyl (C=O) groups excluding carboxylic acids is 1. The largest absolute Gasteiger partial charge is 0.479 e. The Hall–Kier alpha value is -2.83. The van der Waals surface area contributed by atoms with Gasteiger partial charge in [-0.15, -0.1) is 0 Å². The first-order chi connectivity index (χ1) is 9.52. The van der Waals surface area contributed by atoms with Crippen molar-refractivity contribution in [3.8, 4) is 17.0 Å². The molecule has 1 aromatic heterocycles. The first-order valence-electron chi connectivity index (χ1n) is 6.02. The van der Waals surface area contributed by atoms with Gasteiger partial charge >= 0.3 is 0 Å². The lowest BCUT2D eigenvalue weighted by molar-refractivity contribution is -0.122. The summed E-state index contributed by atoms with van der Waals surface area (Å²) in [5, 5.41) is 2.74. The Kier molecular flexibility index (Phi) is 2.67. The molecule has 0 saturated carbocycles. The molecule has 1 unspecified atom stereocenters. The van der Waals surface area contributed by atoms with Crippen LogP contribution in [0.2, 0.25) is 0 Å². The number of ether oxygens (including phenoxy) is 1. The number of H-pyrrole nitrogens is 1. The maximum Gasteiger partial charge on any atom is 0.265 e. The number of hydrogen-bond donors (Lipinski definition) is 3. The van der Waals surface area contributed by atoms with Gasteiger partial charge < -0.3 is 15.8 Å². The number of hydrogen-bond acceptors (Lipinski definition) is 5. The Morgan fingerprint density at radius 1 is 1.30 bits per heavy atom. The number of fused-ring (bicyclic) bond motifs is 1. The molecule has 20 heavy (non-hydrogen) atoms. The third-order valence-electron chi connectivity index (χ3n) is 2.97. The molecule has 1 aliphatic rings. The third-order valence-corrected chi connectivity index (χ3v) is 2.97. The van der Waals surface area contributed by atoms with E-state index in [4.69, 9.17) is 10.5 Å². The number of nitrogens with zero attached hydrogens (tertiary/aromatic N) is 1. The molecule has 1 atom stereocenters. The van der Waals surface area contributed by atoms with Gasteiger partial charge in [0.15, 0.2) is 6.10 Å². The van der Waals surface area contributed by atoms with Crippen molar-refractivity contribution in [2.75, 3.05) is 11.1 Å². The average Bonchev–Trinajstić information content (AvgIpc) is 2.38. The van der Waals surface area contributed by atoms with Gasteiger partial charge in [-0.05, 0) is 25.1 Å². The maximum atomic E-state index is 11.6. The van der Waals surface area contributed by atoms with Gasteiger partial charge in [0.2, 0.25) is 5.95 Å². The van der Waals surface area contributed by atoms with E-state index in [0.29, 0.717) is 22.7 Å². The van der Waals surface area contributed by atoms with Crippen LogP contribution in [0.15, 0.2) is 29.1 Å². The van der Waals surface area contributed by atoms with Gasteiger partial charge in [-0.2, -0.15) is 0 Å². The molecule has 1 aromatic carbocycles. The van der Waals surface area contributed by atoms with Crippen LogP contribution in [0.3, 0.4) is 0 Å². The summed E-state index contributed by atoms with van der Waals surface area (Å²) in [5.74, 6) is 0.408. The Morgan fingerprint density at radius 2 is 2.10 bits per heavy atom. The van der Waals surface area contributed by atoms with Crippen molar-refractivity contribution >= 4 is 17.5 Å². The van der Waals surface area contributed by atoms with Gasteiger partial charge in [-0.1, -0.05) is 0 Å². The highest BCUT2D eigenvalue weighted by atomic mass is 16.5. The monoisotopic (exact) mass is 272 g/mol. The summed E-state index contributed by atoms with van der Waals surface area (Å²) in [5.41, 5.74) is 6.83. The number of nitrogens with two attached hydrogens (primary N) is 1. The standard InChI is InChI=1S/C13H12N4O3/c1-6-12(19)15-9-4-7(2-3-10(9)20-6)8-5-11(18)17-13(14)16-8/h2-6H,1H3,(H,15,19)(H3,14,16,17,18). The van der Waals surface area contributed by atoms with Crippen LogP contribution in [0.5, 0.6) is 5.75 Å². The van der Waals surface area contributed by atoms with Crippen LogP contribution in [0.1, 0.15) is 6.92 Å². The van der Waals surface area contributed by atoms with E-state index in [0.717, 1.165) is 0 Å². The van der Waals surface area contributed by atoms with Gasteiger partial charge in [0.1, 0.15) is 5.75 Å².